The van der Waals surface area contributed by atoms with E-state index in [0.717, 1.165) is 5.25 Å². The van der Waals surface area contributed by atoms with Crippen LogP contribution in [0.2, 0.25) is 0 Å². The number of rotatable bonds is 4. The smallest absolute Gasteiger partial charge is 0.203 e. The lowest BCUT2D eigenvalue weighted by Gasteiger charge is -2.28. The van der Waals surface area contributed by atoms with E-state index in [-0.39, 0.29) is 0 Å². The van der Waals surface area contributed by atoms with Crippen LogP contribution in [0.5, 0.6) is 5.75 Å². The molecule has 1 saturated carbocycles. The predicted octanol–water partition coefficient (Wildman–Crippen LogP) is 2.15. The Labute approximate surface area is 112 Å². The molecule has 2 rings (SSSR count). The molecule has 1 aliphatic rings. The van der Waals surface area contributed by atoms with Crippen molar-refractivity contribution in [3.05, 3.63) is 6.33 Å². The maximum absolute atomic E-state index is 5.76. The number of thioether (sulfide) groups is 1. The van der Waals surface area contributed by atoms with Crippen LogP contribution in [-0.2, 0) is 0 Å². The number of methoxy groups -OCH3 is 1. The van der Waals surface area contributed by atoms with Crippen molar-refractivity contribution in [2.45, 2.75) is 37.0 Å². The van der Waals surface area contributed by atoms with Crippen LogP contribution in [0, 0.1) is 0 Å². The second-order valence-electron chi connectivity index (χ2n) is 4.49. The highest BCUT2D eigenvalue weighted by atomic mass is 32.2. The van der Waals surface area contributed by atoms with Crippen LogP contribution in [-0.4, -0.2) is 34.6 Å². The minimum atomic E-state index is 0.382. The molecule has 0 bridgehead atoms. The van der Waals surface area contributed by atoms with E-state index in [0.29, 0.717) is 23.4 Å². The molecule has 0 amide bonds. The highest BCUT2D eigenvalue weighted by molar-refractivity contribution is 7.99. The van der Waals surface area contributed by atoms with Crippen molar-refractivity contribution in [1.82, 2.24) is 9.97 Å². The van der Waals surface area contributed by atoms with Crippen molar-refractivity contribution >= 4 is 23.4 Å². The summed E-state index contributed by atoms with van der Waals surface area (Å²) in [7, 11) is 1.59. The fourth-order valence-electron chi connectivity index (χ4n) is 2.33. The number of ether oxygens (including phenoxy) is 1. The van der Waals surface area contributed by atoms with E-state index in [9.17, 15) is 0 Å². The standard InChI is InChI=1S/C12H20N4OS/c1-17-10-11(13)14-7-15-12(10)16-8-3-5-9(18-2)6-4-8/h7-9H,3-6H2,1-2H3,(H3,13,14,15,16). The first-order valence-corrected chi connectivity index (χ1v) is 7.47. The molecule has 0 aromatic carbocycles. The lowest BCUT2D eigenvalue weighted by molar-refractivity contribution is 0.412. The Bertz CT molecular complexity index is 394. The molecule has 0 radical (unpaired) electrons. The van der Waals surface area contributed by atoms with E-state index in [1.807, 2.05) is 11.8 Å². The third kappa shape index (κ3) is 2.98. The molecule has 0 aliphatic heterocycles. The third-order valence-corrected chi connectivity index (χ3v) is 4.52. The molecule has 6 heteroatoms. The molecule has 3 N–H and O–H groups in total. The number of nitrogens with one attached hydrogen (secondary N) is 1. The zero-order chi connectivity index (χ0) is 13.0. The van der Waals surface area contributed by atoms with E-state index in [1.165, 1.54) is 32.0 Å². The topological polar surface area (TPSA) is 73.1 Å². The SMILES string of the molecule is COc1c(N)ncnc1NC1CCC(SC)CC1. The van der Waals surface area contributed by atoms with Crippen molar-refractivity contribution in [2.75, 3.05) is 24.4 Å². The molecular weight excluding hydrogens is 248 g/mol. The first-order chi connectivity index (χ1) is 8.74. The summed E-state index contributed by atoms with van der Waals surface area (Å²) in [6.07, 6.45) is 8.49. The van der Waals surface area contributed by atoms with Gasteiger partial charge in [0.1, 0.15) is 6.33 Å². The summed E-state index contributed by atoms with van der Waals surface area (Å²) in [5, 5.41) is 4.23. The number of anilines is 2. The Kier molecular flexibility index (Phi) is 4.52. The average molecular weight is 268 g/mol. The van der Waals surface area contributed by atoms with Crippen LogP contribution in [0.1, 0.15) is 25.7 Å². The fraction of sp³-hybridized carbons (Fsp3) is 0.667. The Morgan fingerprint density at radius 1 is 1.33 bits per heavy atom. The number of nitrogens with zero attached hydrogens (tertiary/aromatic N) is 2. The average Bonchev–Trinajstić information content (AvgIpc) is 2.40. The molecule has 100 valence electrons. The molecule has 0 unspecified atom stereocenters. The first-order valence-electron chi connectivity index (χ1n) is 6.18. The van der Waals surface area contributed by atoms with Crippen molar-refractivity contribution in [3.63, 3.8) is 0 Å². The zero-order valence-corrected chi connectivity index (χ0v) is 11.7. The summed E-state index contributed by atoms with van der Waals surface area (Å²) < 4.78 is 5.24. The number of nitrogens with two attached hydrogens (primary N) is 1. The zero-order valence-electron chi connectivity index (χ0n) is 10.8. The highest BCUT2D eigenvalue weighted by Gasteiger charge is 2.22. The van der Waals surface area contributed by atoms with E-state index in [4.69, 9.17) is 10.5 Å². The van der Waals surface area contributed by atoms with Gasteiger partial charge in [-0.1, -0.05) is 0 Å². The van der Waals surface area contributed by atoms with E-state index in [1.54, 1.807) is 7.11 Å². The first kappa shape index (κ1) is 13.3. The van der Waals surface area contributed by atoms with Crippen LogP contribution < -0.4 is 15.8 Å². The summed E-state index contributed by atoms with van der Waals surface area (Å²) in [6, 6.07) is 0.455. The van der Waals surface area contributed by atoms with Crippen molar-refractivity contribution < 1.29 is 4.74 Å². The quantitative estimate of drug-likeness (QED) is 0.871. The van der Waals surface area contributed by atoms with Gasteiger partial charge in [-0.15, -0.1) is 0 Å². The molecule has 1 fully saturated rings. The largest absolute Gasteiger partial charge is 0.490 e. The molecule has 5 nitrogen and oxygen atoms in total. The molecule has 1 aromatic heterocycles. The van der Waals surface area contributed by atoms with Gasteiger partial charge in [-0.3, -0.25) is 0 Å². The minimum Gasteiger partial charge on any atom is -0.490 e. The van der Waals surface area contributed by atoms with Crippen LogP contribution in [0.4, 0.5) is 11.6 Å². The van der Waals surface area contributed by atoms with Crippen LogP contribution in [0.3, 0.4) is 0 Å². The summed E-state index contributed by atoms with van der Waals surface area (Å²) in [5.74, 6) is 1.63. The molecule has 1 aliphatic carbocycles. The van der Waals surface area contributed by atoms with Crippen molar-refractivity contribution in [1.29, 1.82) is 0 Å². The number of hydrogen-bond donors (Lipinski definition) is 2. The van der Waals surface area contributed by atoms with Gasteiger partial charge < -0.3 is 15.8 Å². The molecule has 1 aromatic rings. The fourth-order valence-corrected chi connectivity index (χ4v) is 3.07. The van der Waals surface area contributed by atoms with Gasteiger partial charge in [0.2, 0.25) is 5.75 Å². The molecular formula is C12H20N4OS. The summed E-state index contributed by atoms with van der Waals surface area (Å²) in [6.45, 7) is 0. The van der Waals surface area contributed by atoms with Gasteiger partial charge in [-0.2, -0.15) is 11.8 Å². The van der Waals surface area contributed by atoms with E-state index in [2.05, 4.69) is 21.5 Å². The van der Waals surface area contributed by atoms with E-state index < -0.39 is 0 Å². The molecule has 0 atom stereocenters. The summed E-state index contributed by atoms with van der Waals surface area (Å²) in [5.41, 5.74) is 5.76. The van der Waals surface area contributed by atoms with Gasteiger partial charge in [0.15, 0.2) is 11.6 Å². The maximum atomic E-state index is 5.76. The number of hydrogen-bond acceptors (Lipinski definition) is 6. The van der Waals surface area contributed by atoms with Gasteiger partial charge in [-0.05, 0) is 31.9 Å². The highest BCUT2D eigenvalue weighted by Crippen LogP contribution is 2.32. The lowest BCUT2D eigenvalue weighted by atomic mass is 9.95. The number of nitrogen functional groups attached to an aromatic ring is 1. The van der Waals surface area contributed by atoms with Gasteiger partial charge in [0.05, 0.1) is 7.11 Å². The van der Waals surface area contributed by atoms with Crippen LogP contribution in [0.25, 0.3) is 0 Å². The second-order valence-corrected chi connectivity index (χ2v) is 5.63. The van der Waals surface area contributed by atoms with Crippen molar-refractivity contribution in [2.24, 2.45) is 0 Å². The molecule has 0 spiro atoms. The van der Waals surface area contributed by atoms with Gasteiger partial charge in [0.25, 0.3) is 0 Å². The second kappa shape index (κ2) is 6.13. The Morgan fingerprint density at radius 3 is 2.67 bits per heavy atom. The normalized spacial score (nSPS) is 23.7. The number of aromatic nitrogens is 2. The van der Waals surface area contributed by atoms with Gasteiger partial charge in [-0.25, -0.2) is 9.97 Å². The summed E-state index contributed by atoms with van der Waals surface area (Å²) in [4.78, 5) is 8.14. The summed E-state index contributed by atoms with van der Waals surface area (Å²) >= 11 is 1.97. The molecule has 1 heterocycles. The van der Waals surface area contributed by atoms with Gasteiger partial charge >= 0.3 is 0 Å². The molecule has 18 heavy (non-hydrogen) atoms. The predicted molar refractivity (Wildman–Crippen MR) is 76.2 cm³/mol. The minimum absolute atomic E-state index is 0.382. The Balaban J connectivity index is 2.00. The monoisotopic (exact) mass is 268 g/mol. The lowest BCUT2D eigenvalue weighted by Crippen LogP contribution is -2.27. The third-order valence-electron chi connectivity index (χ3n) is 3.38. The maximum Gasteiger partial charge on any atom is 0.203 e. The van der Waals surface area contributed by atoms with E-state index >= 15 is 0 Å². The molecule has 0 saturated heterocycles. The Hall–Kier alpha value is -1.17. The Morgan fingerprint density at radius 2 is 2.06 bits per heavy atom. The van der Waals surface area contributed by atoms with Crippen LogP contribution >= 0.6 is 11.8 Å². The van der Waals surface area contributed by atoms with Crippen molar-refractivity contribution in [3.8, 4) is 5.75 Å². The van der Waals surface area contributed by atoms with Crippen LogP contribution in [0.15, 0.2) is 6.33 Å². The van der Waals surface area contributed by atoms with Gasteiger partial charge in [0, 0.05) is 11.3 Å².